The molecule has 120 valence electrons. The largest absolute Gasteiger partial charge is 0.410 e. The molecule has 0 aliphatic rings. The Balaban J connectivity index is 2.35. The molecule has 0 radical (unpaired) electrons. The Labute approximate surface area is 138 Å². The predicted octanol–water partition coefficient (Wildman–Crippen LogP) is 5.38. The number of aliphatic hydroxyl groups excluding tert-OH is 1. The van der Waals surface area contributed by atoms with Crippen LogP contribution < -0.4 is 0 Å². The molecule has 2 unspecified atom stereocenters. The maximum Gasteiger partial charge on any atom is 0.184 e. The Morgan fingerprint density at radius 3 is 2.23 bits per heavy atom. The van der Waals surface area contributed by atoms with Gasteiger partial charge in [-0.05, 0) is 48.1 Å². The van der Waals surface area contributed by atoms with Gasteiger partial charge >= 0.3 is 0 Å². The second-order valence-corrected chi connectivity index (χ2v) is 12.4. The molecule has 2 atom stereocenters. The van der Waals surface area contributed by atoms with E-state index in [9.17, 15) is 5.11 Å². The number of hydrogen-bond donors (Lipinski definition) is 1. The average molecular weight is 335 g/mol. The van der Waals surface area contributed by atoms with Crippen LogP contribution in [-0.2, 0) is 4.43 Å². The molecule has 1 N–H and O–H groups in total. The second kappa shape index (κ2) is 7.09. The van der Waals surface area contributed by atoms with Gasteiger partial charge in [0.1, 0.15) is 6.10 Å². The normalized spacial score (nSPS) is 15.0. The fourth-order valence-electron chi connectivity index (χ4n) is 2.51. The molecule has 1 heterocycles. The maximum atomic E-state index is 10.8. The van der Waals surface area contributed by atoms with Crippen LogP contribution >= 0.6 is 11.3 Å². The van der Waals surface area contributed by atoms with Crippen molar-refractivity contribution in [3.8, 4) is 0 Å². The van der Waals surface area contributed by atoms with E-state index in [1.165, 1.54) is 0 Å². The van der Waals surface area contributed by atoms with Gasteiger partial charge in [-0.25, -0.2) is 0 Å². The topological polar surface area (TPSA) is 29.5 Å². The van der Waals surface area contributed by atoms with Gasteiger partial charge in [0.05, 0.1) is 6.10 Å². The van der Waals surface area contributed by atoms with Crippen molar-refractivity contribution < 1.29 is 9.53 Å². The van der Waals surface area contributed by atoms with E-state index in [1.54, 1.807) is 11.3 Å². The van der Waals surface area contributed by atoms with E-state index in [4.69, 9.17) is 4.43 Å². The van der Waals surface area contributed by atoms with Crippen LogP contribution in [0.1, 0.15) is 42.1 Å². The Bertz CT molecular complexity index is 587. The van der Waals surface area contributed by atoms with Gasteiger partial charge in [0.25, 0.3) is 0 Å². The minimum Gasteiger partial charge on any atom is -0.410 e. The highest BCUT2D eigenvalue weighted by Crippen LogP contribution is 2.38. The van der Waals surface area contributed by atoms with Crippen molar-refractivity contribution in [2.75, 3.05) is 0 Å². The second-order valence-electron chi connectivity index (χ2n) is 6.95. The van der Waals surface area contributed by atoms with Crippen LogP contribution in [0.25, 0.3) is 0 Å². The van der Waals surface area contributed by atoms with E-state index >= 15 is 0 Å². The lowest BCUT2D eigenvalue weighted by molar-refractivity contribution is 0.141. The summed E-state index contributed by atoms with van der Waals surface area (Å²) in [6, 6.07) is 11.9. The molecule has 2 aromatic rings. The minimum atomic E-state index is -1.65. The molecule has 0 fully saturated rings. The van der Waals surface area contributed by atoms with Crippen LogP contribution in [0.3, 0.4) is 0 Å². The van der Waals surface area contributed by atoms with Crippen molar-refractivity contribution in [1.29, 1.82) is 0 Å². The lowest BCUT2D eigenvalue weighted by Crippen LogP contribution is -2.30. The molecule has 0 saturated heterocycles. The van der Waals surface area contributed by atoms with Crippen molar-refractivity contribution in [2.24, 2.45) is 5.92 Å². The van der Waals surface area contributed by atoms with Crippen LogP contribution in [0.4, 0.5) is 0 Å². The van der Waals surface area contributed by atoms with Crippen LogP contribution in [-0.4, -0.2) is 13.4 Å². The average Bonchev–Trinajstić information content (AvgIpc) is 2.92. The molecule has 0 spiro atoms. The van der Waals surface area contributed by atoms with E-state index in [1.807, 2.05) is 30.3 Å². The van der Waals surface area contributed by atoms with Gasteiger partial charge in [0.2, 0.25) is 0 Å². The molecule has 0 saturated carbocycles. The van der Waals surface area contributed by atoms with Crippen molar-refractivity contribution in [1.82, 2.24) is 0 Å². The van der Waals surface area contributed by atoms with Crippen molar-refractivity contribution >= 4 is 19.7 Å². The van der Waals surface area contributed by atoms with Crippen LogP contribution in [0.5, 0.6) is 0 Å². The van der Waals surface area contributed by atoms with Gasteiger partial charge in [0.15, 0.2) is 8.32 Å². The Morgan fingerprint density at radius 1 is 1.05 bits per heavy atom. The highest BCUT2D eigenvalue weighted by atomic mass is 32.1. The summed E-state index contributed by atoms with van der Waals surface area (Å²) in [7, 11) is -1.65. The molecule has 1 aromatic heterocycles. The van der Waals surface area contributed by atoms with Gasteiger partial charge in [-0.1, -0.05) is 44.2 Å². The first-order chi connectivity index (χ1) is 10.3. The van der Waals surface area contributed by atoms with E-state index in [0.717, 1.165) is 16.0 Å². The molecule has 2 rings (SSSR count). The molecule has 0 aliphatic carbocycles. The van der Waals surface area contributed by atoms with Crippen LogP contribution in [0.15, 0.2) is 41.8 Å². The summed E-state index contributed by atoms with van der Waals surface area (Å²) >= 11 is 1.61. The van der Waals surface area contributed by atoms with Gasteiger partial charge < -0.3 is 9.53 Å². The molecule has 0 aliphatic heterocycles. The van der Waals surface area contributed by atoms with Crippen molar-refractivity contribution in [2.45, 2.75) is 45.7 Å². The summed E-state index contributed by atoms with van der Waals surface area (Å²) in [5.41, 5.74) is 2.07. The zero-order chi connectivity index (χ0) is 16.3. The summed E-state index contributed by atoms with van der Waals surface area (Å²) < 4.78 is 6.40. The summed E-state index contributed by atoms with van der Waals surface area (Å²) in [5, 5.41) is 12.8. The highest BCUT2D eigenvalue weighted by Gasteiger charge is 2.29. The molecule has 0 amide bonds. The number of rotatable bonds is 6. The fourth-order valence-corrected chi connectivity index (χ4v) is 4.62. The fraction of sp³-hybridized carbons (Fsp3) is 0.444. The quantitative estimate of drug-likeness (QED) is 0.719. The van der Waals surface area contributed by atoms with E-state index < -0.39 is 14.4 Å². The Kier molecular flexibility index (Phi) is 5.61. The maximum absolute atomic E-state index is 10.8. The van der Waals surface area contributed by atoms with E-state index in [-0.39, 0.29) is 6.10 Å². The number of thiophene rings is 1. The first-order valence-corrected chi connectivity index (χ1v) is 12.1. The van der Waals surface area contributed by atoms with E-state index in [2.05, 4.69) is 44.9 Å². The third kappa shape index (κ3) is 4.29. The summed E-state index contributed by atoms with van der Waals surface area (Å²) in [6.07, 6.45) is -0.533. The van der Waals surface area contributed by atoms with Crippen molar-refractivity contribution in [3.05, 3.63) is 57.8 Å². The smallest absolute Gasteiger partial charge is 0.184 e. The first kappa shape index (κ1) is 17.4. The lowest BCUT2D eigenvalue weighted by Gasteiger charge is -2.30. The predicted molar refractivity (Wildman–Crippen MR) is 96.8 cm³/mol. The monoisotopic (exact) mass is 334 g/mol. The van der Waals surface area contributed by atoms with Gasteiger partial charge in [0, 0.05) is 4.88 Å². The number of aliphatic hydroxyl groups is 1. The molecule has 2 nitrogen and oxygen atoms in total. The van der Waals surface area contributed by atoms with Gasteiger partial charge in [-0.2, -0.15) is 0 Å². The third-order valence-electron chi connectivity index (χ3n) is 3.48. The third-order valence-corrected chi connectivity index (χ3v) is 5.43. The van der Waals surface area contributed by atoms with Crippen molar-refractivity contribution in [3.63, 3.8) is 0 Å². The van der Waals surface area contributed by atoms with Gasteiger partial charge in [-0.3, -0.25) is 0 Å². The number of benzene rings is 1. The molecular weight excluding hydrogens is 308 g/mol. The van der Waals surface area contributed by atoms with Crippen LogP contribution in [0.2, 0.25) is 19.6 Å². The lowest BCUT2D eigenvalue weighted by atomic mass is 9.96. The zero-order valence-electron chi connectivity index (χ0n) is 14.0. The van der Waals surface area contributed by atoms with Crippen LogP contribution in [0, 0.1) is 5.92 Å². The summed E-state index contributed by atoms with van der Waals surface area (Å²) in [4.78, 5) is 1.00. The first-order valence-electron chi connectivity index (χ1n) is 7.77. The molecule has 4 heteroatoms. The SMILES string of the molecule is CC(C)C(O[Si](C)(C)C)c1ccsc1C(O)c1ccccc1. The Morgan fingerprint density at radius 2 is 1.68 bits per heavy atom. The molecule has 22 heavy (non-hydrogen) atoms. The zero-order valence-corrected chi connectivity index (χ0v) is 15.9. The minimum absolute atomic E-state index is 0.0475. The van der Waals surface area contributed by atoms with E-state index in [0.29, 0.717) is 5.92 Å². The summed E-state index contributed by atoms with van der Waals surface area (Å²) in [5.74, 6) is 0.378. The standard InChI is InChI=1S/C18H26O2SSi/c1-13(2)17(20-22(3,4)5)15-11-12-21-18(15)16(19)14-9-7-6-8-10-14/h6-13,16-17,19H,1-5H3. The Hall–Kier alpha value is -0.943. The molecular formula is C18H26O2SSi. The molecule has 0 bridgehead atoms. The highest BCUT2D eigenvalue weighted by molar-refractivity contribution is 7.10. The number of hydrogen-bond acceptors (Lipinski definition) is 3. The van der Waals surface area contributed by atoms with Gasteiger partial charge in [-0.15, -0.1) is 11.3 Å². The molecule has 1 aromatic carbocycles. The summed E-state index contributed by atoms with van der Waals surface area (Å²) in [6.45, 7) is 11.0.